The number of benzene rings is 1. The van der Waals surface area contributed by atoms with Gasteiger partial charge >= 0.3 is 0 Å². The number of aromatic nitrogens is 3. The Kier molecular flexibility index (Phi) is 5.99. The van der Waals surface area contributed by atoms with Gasteiger partial charge < -0.3 is 4.90 Å². The molecule has 1 fully saturated rings. The van der Waals surface area contributed by atoms with E-state index in [1.165, 1.54) is 29.9 Å². The average molecular weight is 407 g/mol. The van der Waals surface area contributed by atoms with Crippen molar-refractivity contribution in [3.63, 3.8) is 0 Å². The minimum absolute atomic E-state index is 0.0722. The number of piperidine rings is 1. The van der Waals surface area contributed by atoms with Crippen LogP contribution < -0.4 is 10.2 Å². The molecule has 0 atom stereocenters. The lowest BCUT2D eigenvalue weighted by Gasteiger charge is -2.24. The second-order valence-corrected chi connectivity index (χ2v) is 9.13. The molecule has 1 aliphatic heterocycles. The Morgan fingerprint density at radius 3 is 2.64 bits per heavy atom. The van der Waals surface area contributed by atoms with Gasteiger partial charge in [0.2, 0.25) is 21.9 Å². The van der Waals surface area contributed by atoms with E-state index in [-0.39, 0.29) is 22.4 Å². The number of hydrogen-bond acceptors (Lipinski definition) is 6. The number of sulfonamides is 1. The maximum absolute atomic E-state index is 12.6. The fraction of sp³-hybridized carbons (Fsp3) is 0.500. The van der Waals surface area contributed by atoms with E-state index in [1.807, 2.05) is 0 Å². The molecule has 1 aliphatic rings. The largest absolute Gasteiger partial charge is 0.340 e. The minimum Gasteiger partial charge on any atom is -0.340 e. The van der Waals surface area contributed by atoms with Crippen molar-refractivity contribution in [3.05, 3.63) is 29.8 Å². The first-order chi connectivity index (χ1) is 13.3. The number of amides is 1. The third-order valence-electron chi connectivity index (χ3n) is 4.84. The van der Waals surface area contributed by atoms with Crippen molar-refractivity contribution in [1.82, 2.24) is 19.5 Å². The van der Waals surface area contributed by atoms with Gasteiger partial charge in [-0.05, 0) is 51.3 Å². The van der Waals surface area contributed by atoms with Gasteiger partial charge in [0.05, 0.1) is 4.90 Å². The normalized spacial score (nSPS) is 15.2. The van der Waals surface area contributed by atoms with Gasteiger partial charge in [-0.3, -0.25) is 10.1 Å². The van der Waals surface area contributed by atoms with Crippen molar-refractivity contribution in [2.45, 2.75) is 44.0 Å². The molecule has 0 bridgehead atoms. The van der Waals surface area contributed by atoms with Crippen molar-refractivity contribution in [2.24, 2.45) is 0 Å². The van der Waals surface area contributed by atoms with Crippen molar-refractivity contribution in [3.8, 4) is 0 Å². The molecule has 10 heteroatoms. The van der Waals surface area contributed by atoms with Crippen LogP contribution in [0.3, 0.4) is 0 Å². The van der Waals surface area contributed by atoms with Crippen LogP contribution in [0.2, 0.25) is 0 Å². The molecule has 1 aromatic carbocycles. The highest BCUT2D eigenvalue weighted by atomic mass is 32.2. The molecule has 28 heavy (non-hydrogen) atoms. The van der Waals surface area contributed by atoms with Crippen LogP contribution in [-0.2, 0) is 10.0 Å². The maximum Gasteiger partial charge on any atom is 0.258 e. The van der Waals surface area contributed by atoms with Crippen LogP contribution >= 0.6 is 0 Å². The Morgan fingerprint density at radius 2 is 1.96 bits per heavy atom. The molecule has 2 heterocycles. The van der Waals surface area contributed by atoms with Crippen molar-refractivity contribution < 1.29 is 13.2 Å². The van der Waals surface area contributed by atoms with E-state index in [0.717, 1.165) is 25.9 Å². The number of aromatic amines is 1. The van der Waals surface area contributed by atoms with E-state index in [1.54, 1.807) is 26.0 Å². The molecule has 0 spiro atoms. The lowest BCUT2D eigenvalue weighted by molar-refractivity contribution is 0.102. The Labute approximate surface area is 165 Å². The zero-order valence-electron chi connectivity index (χ0n) is 16.3. The summed E-state index contributed by atoms with van der Waals surface area (Å²) in [6.45, 7) is 5.37. The Morgan fingerprint density at radius 1 is 1.25 bits per heavy atom. The molecule has 1 saturated heterocycles. The number of carbonyl (C=O) groups is 1. The third kappa shape index (κ3) is 4.33. The fourth-order valence-electron chi connectivity index (χ4n) is 2.97. The number of anilines is 2. The molecule has 3 rings (SSSR count). The van der Waals surface area contributed by atoms with Crippen molar-refractivity contribution in [2.75, 3.05) is 30.4 Å². The Bertz CT molecular complexity index is 934. The van der Waals surface area contributed by atoms with Crippen molar-refractivity contribution >= 4 is 27.8 Å². The van der Waals surface area contributed by atoms with Crippen molar-refractivity contribution in [1.29, 1.82) is 0 Å². The van der Waals surface area contributed by atoms with Crippen LogP contribution in [-0.4, -0.2) is 60.0 Å². The molecule has 0 radical (unpaired) electrons. The number of rotatable bonds is 6. The topological polar surface area (TPSA) is 111 Å². The van der Waals surface area contributed by atoms with Gasteiger partial charge in [0.15, 0.2) is 0 Å². The Hall–Kier alpha value is -2.46. The first-order valence-corrected chi connectivity index (χ1v) is 10.8. The fourth-order valence-corrected chi connectivity index (χ4v) is 4.38. The molecule has 152 valence electrons. The first-order valence-electron chi connectivity index (χ1n) is 9.36. The summed E-state index contributed by atoms with van der Waals surface area (Å²) >= 11 is 0. The predicted molar refractivity (Wildman–Crippen MR) is 107 cm³/mol. The lowest BCUT2D eigenvalue weighted by Crippen LogP contribution is -2.33. The second kappa shape index (κ2) is 8.27. The standard InChI is InChI=1S/C18H26N6O3S/c1-13(2)23(3)28(26,27)15-9-7-8-14(12-15)16(25)19-17-20-18(22-21-17)24-10-5-4-6-11-24/h7-9,12-13H,4-6,10-11H2,1-3H3,(H2,19,20,21,22,25). The molecule has 2 N–H and O–H groups in total. The van der Waals surface area contributed by atoms with Crippen LogP contribution in [0.25, 0.3) is 0 Å². The summed E-state index contributed by atoms with van der Waals surface area (Å²) < 4.78 is 26.6. The summed E-state index contributed by atoms with van der Waals surface area (Å²) in [5, 5.41) is 9.52. The molecule has 0 saturated carbocycles. The van der Waals surface area contributed by atoms with Crippen LogP contribution in [0.15, 0.2) is 29.2 Å². The van der Waals surface area contributed by atoms with Gasteiger partial charge in [-0.2, -0.15) is 9.29 Å². The molecule has 0 unspecified atom stereocenters. The summed E-state index contributed by atoms with van der Waals surface area (Å²) in [5.74, 6) is 0.341. The summed E-state index contributed by atoms with van der Waals surface area (Å²) in [5.41, 5.74) is 0.231. The molecular weight excluding hydrogens is 380 g/mol. The highest BCUT2D eigenvalue weighted by molar-refractivity contribution is 7.89. The highest BCUT2D eigenvalue weighted by Gasteiger charge is 2.24. The second-order valence-electron chi connectivity index (χ2n) is 7.13. The summed E-state index contributed by atoms with van der Waals surface area (Å²) in [6.07, 6.45) is 3.40. The molecule has 0 aliphatic carbocycles. The summed E-state index contributed by atoms with van der Waals surface area (Å²) in [4.78, 5) is 19.0. The van der Waals surface area contributed by atoms with Gasteiger partial charge in [0, 0.05) is 31.7 Å². The van der Waals surface area contributed by atoms with Gasteiger partial charge in [-0.1, -0.05) is 6.07 Å². The number of hydrogen-bond donors (Lipinski definition) is 2. The van der Waals surface area contributed by atoms with E-state index in [4.69, 9.17) is 0 Å². The summed E-state index contributed by atoms with van der Waals surface area (Å²) in [6, 6.07) is 5.77. The lowest BCUT2D eigenvalue weighted by atomic mass is 10.1. The third-order valence-corrected chi connectivity index (χ3v) is 6.87. The number of nitrogens with one attached hydrogen (secondary N) is 2. The quantitative estimate of drug-likeness (QED) is 0.760. The highest BCUT2D eigenvalue weighted by Crippen LogP contribution is 2.19. The van der Waals surface area contributed by atoms with Crippen LogP contribution in [0, 0.1) is 0 Å². The minimum atomic E-state index is -3.67. The van der Waals surface area contributed by atoms with E-state index in [2.05, 4.69) is 25.4 Å². The molecule has 2 aromatic rings. The zero-order chi connectivity index (χ0) is 20.3. The monoisotopic (exact) mass is 406 g/mol. The average Bonchev–Trinajstić information content (AvgIpc) is 3.16. The Balaban J connectivity index is 1.74. The molecule has 1 aromatic heterocycles. The SMILES string of the molecule is CC(C)N(C)S(=O)(=O)c1cccc(C(=O)Nc2nc(N3CCCCC3)n[nH]2)c1. The maximum atomic E-state index is 12.6. The number of H-pyrrole nitrogens is 1. The zero-order valence-corrected chi connectivity index (χ0v) is 17.2. The number of nitrogens with zero attached hydrogens (tertiary/aromatic N) is 4. The molecular formula is C18H26N6O3S. The molecule has 9 nitrogen and oxygen atoms in total. The van der Waals surface area contributed by atoms with E-state index >= 15 is 0 Å². The number of carbonyl (C=O) groups excluding carboxylic acids is 1. The van der Waals surface area contributed by atoms with E-state index in [0.29, 0.717) is 5.95 Å². The predicted octanol–water partition coefficient (Wildman–Crippen LogP) is 2.08. The van der Waals surface area contributed by atoms with Gasteiger partial charge in [-0.25, -0.2) is 13.5 Å². The summed E-state index contributed by atoms with van der Waals surface area (Å²) in [7, 11) is -2.15. The van der Waals surface area contributed by atoms with E-state index in [9.17, 15) is 13.2 Å². The van der Waals surface area contributed by atoms with E-state index < -0.39 is 15.9 Å². The smallest absolute Gasteiger partial charge is 0.258 e. The van der Waals surface area contributed by atoms with Gasteiger partial charge in [0.25, 0.3) is 5.91 Å². The molecule has 1 amide bonds. The van der Waals surface area contributed by atoms with Crippen LogP contribution in [0.4, 0.5) is 11.9 Å². The van der Waals surface area contributed by atoms with Crippen LogP contribution in [0.5, 0.6) is 0 Å². The van der Waals surface area contributed by atoms with Gasteiger partial charge in [0.1, 0.15) is 0 Å². The first kappa shape index (κ1) is 20.3. The van der Waals surface area contributed by atoms with Crippen LogP contribution in [0.1, 0.15) is 43.5 Å². The van der Waals surface area contributed by atoms with Gasteiger partial charge in [-0.15, -0.1) is 5.10 Å².